The molecule has 21 heavy (non-hydrogen) atoms. The lowest BCUT2D eigenvalue weighted by atomic mass is 10.1. The van der Waals surface area contributed by atoms with Crippen LogP contribution in [0.15, 0.2) is 24.3 Å². The first-order valence-electron chi connectivity index (χ1n) is 7.10. The minimum absolute atomic E-state index is 0. The fourth-order valence-electron chi connectivity index (χ4n) is 2.78. The van der Waals surface area contributed by atoms with Crippen LogP contribution < -0.4 is 11.5 Å². The van der Waals surface area contributed by atoms with E-state index in [0.29, 0.717) is 24.9 Å². The number of fused-ring (bicyclic) bond motifs is 1. The first-order chi connectivity index (χ1) is 9.69. The fraction of sp³-hybridized carbons (Fsp3) is 0.467. The third-order valence-electron chi connectivity index (χ3n) is 4.04. The van der Waals surface area contributed by atoms with Gasteiger partial charge in [0.1, 0.15) is 11.6 Å². The molecule has 0 saturated heterocycles. The molecule has 4 N–H and O–H groups in total. The van der Waals surface area contributed by atoms with Crippen molar-refractivity contribution in [3.8, 4) is 0 Å². The van der Waals surface area contributed by atoms with Crippen molar-refractivity contribution in [2.45, 2.75) is 25.4 Å². The number of hydrogen-bond acceptors (Lipinski definition) is 5. The molecule has 2 aromatic rings. The van der Waals surface area contributed by atoms with E-state index in [4.69, 9.17) is 11.5 Å². The lowest BCUT2D eigenvalue weighted by molar-refractivity contribution is 0.211. The number of rotatable bonds is 5. The highest BCUT2D eigenvalue weighted by Crippen LogP contribution is 2.34. The summed E-state index contributed by atoms with van der Waals surface area (Å²) < 4.78 is 0. The Kier molecular flexibility index (Phi) is 4.98. The average molecular weight is 308 g/mol. The molecule has 1 saturated carbocycles. The zero-order valence-corrected chi connectivity index (χ0v) is 13.0. The minimum Gasteiger partial charge on any atom is -0.383 e. The van der Waals surface area contributed by atoms with Crippen LogP contribution in [0.1, 0.15) is 18.7 Å². The number of anilines is 1. The van der Waals surface area contributed by atoms with Gasteiger partial charge in [0, 0.05) is 18.0 Å². The molecule has 0 aliphatic heterocycles. The molecule has 114 valence electrons. The summed E-state index contributed by atoms with van der Waals surface area (Å²) in [7, 11) is 2.09. The third-order valence-corrected chi connectivity index (χ3v) is 4.04. The Balaban J connectivity index is 0.00000161. The Morgan fingerprint density at radius 3 is 2.67 bits per heavy atom. The summed E-state index contributed by atoms with van der Waals surface area (Å²) in [4.78, 5) is 11.3. The highest BCUT2D eigenvalue weighted by atomic mass is 35.5. The zero-order valence-electron chi connectivity index (χ0n) is 12.2. The van der Waals surface area contributed by atoms with E-state index >= 15 is 0 Å². The van der Waals surface area contributed by atoms with E-state index in [0.717, 1.165) is 22.6 Å². The lowest BCUT2D eigenvalue weighted by Crippen LogP contribution is -2.39. The number of benzene rings is 1. The summed E-state index contributed by atoms with van der Waals surface area (Å²) in [6, 6.07) is 8.26. The number of nitrogen functional groups attached to an aromatic ring is 1. The van der Waals surface area contributed by atoms with Gasteiger partial charge in [-0.1, -0.05) is 12.1 Å². The fourth-order valence-corrected chi connectivity index (χ4v) is 2.78. The summed E-state index contributed by atoms with van der Waals surface area (Å²) in [5.41, 5.74) is 12.8. The zero-order chi connectivity index (χ0) is 14.1. The van der Waals surface area contributed by atoms with Gasteiger partial charge in [-0.3, -0.25) is 4.90 Å². The van der Waals surface area contributed by atoms with E-state index in [1.807, 2.05) is 24.3 Å². The standard InChI is InChI=1S/C15H21N5.ClH/c1-20(13(8-16)10-6-7-10)9-14-18-12-5-3-2-4-11(12)15(17)19-14;/h2-5,10,13H,6-9,16H2,1H3,(H2,17,18,19);1H. The maximum Gasteiger partial charge on any atom is 0.145 e. The van der Waals surface area contributed by atoms with Crippen LogP contribution in [0.2, 0.25) is 0 Å². The summed E-state index contributed by atoms with van der Waals surface area (Å²) >= 11 is 0. The van der Waals surface area contributed by atoms with Gasteiger partial charge in [-0.15, -0.1) is 12.4 Å². The molecule has 6 heteroatoms. The third kappa shape index (κ3) is 3.43. The molecule has 1 atom stereocenters. The second-order valence-corrected chi connectivity index (χ2v) is 5.60. The molecular formula is C15H22ClN5. The predicted molar refractivity (Wildman–Crippen MR) is 88.2 cm³/mol. The highest BCUT2D eigenvalue weighted by molar-refractivity contribution is 5.87. The molecule has 3 rings (SSSR count). The first kappa shape index (κ1) is 15.9. The number of aromatic nitrogens is 2. The van der Waals surface area contributed by atoms with Crippen molar-refractivity contribution in [1.82, 2.24) is 14.9 Å². The van der Waals surface area contributed by atoms with E-state index in [2.05, 4.69) is 21.9 Å². The first-order valence-corrected chi connectivity index (χ1v) is 7.10. The maximum absolute atomic E-state index is 6.02. The molecule has 1 heterocycles. The van der Waals surface area contributed by atoms with Crippen molar-refractivity contribution < 1.29 is 0 Å². The van der Waals surface area contributed by atoms with Gasteiger partial charge < -0.3 is 11.5 Å². The lowest BCUT2D eigenvalue weighted by Gasteiger charge is -2.26. The van der Waals surface area contributed by atoms with Crippen LogP contribution in [0.25, 0.3) is 10.9 Å². The predicted octanol–water partition coefficient (Wildman–Crippen LogP) is 1.80. The second kappa shape index (κ2) is 6.56. The number of halogens is 1. The van der Waals surface area contributed by atoms with Crippen molar-refractivity contribution in [3.05, 3.63) is 30.1 Å². The topological polar surface area (TPSA) is 81.1 Å². The van der Waals surface area contributed by atoms with Crippen molar-refractivity contribution in [2.75, 3.05) is 19.3 Å². The molecular weight excluding hydrogens is 286 g/mol. The van der Waals surface area contributed by atoms with Crippen LogP contribution >= 0.6 is 12.4 Å². The molecule has 1 unspecified atom stereocenters. The summed E-state index contributed by atoms with van der Waals surface area (Å²) in [5, 5.41) is 0.913. The van der Waals surface area contributed by atoms with Gasteiger partial charge in [0.15, 0.2) is 0 Å². The van der Waals surface area contributed by atoms with E-state index in [1.54, 1.807) is 0 Å². The number of nitrogens with zero attached hydrogens (tertiary/aromatic N) is 3. The van der Waals surface area contributed by atoms with Gasteiger partial charge in [0.25, 0.3) is 0 Å². The smallest absolute Gasteiger partial charge is 0.145 e. The van der Waals surface area contributed by atoms with Gasteiger partial charge in [0.2, 0.25) is 0 Å². The van der Waals surface area contributed by atoms with Crippen LogP contribution in [0.5, 0.6) is 0 Å². The quantitative estimate of drug-likeness (QED) is 0.880. The SMILES string of the molecule is CN(Cc1nc(N)c2ccccc2n1)C(CN)C1CC1.Cl. The van der Waals surface area contributed by atoms with E-state index in [-0.39, 0.29) is 12.4 Å². The number of hydrogen-bond donors (Lipinski definition) is 2. The van der Waals surface area contributed by atoms with Crippen LogP contribution in [0.3, 0.4) is 0 Å². The van der Waals surface area contributed by atoms with Gasteiger partial charge in [0.05, 0.1) is 12.1 Å². The van der Waals surface area contributed by atoms with Crippen LogP contribution in [-0.2, 0) is 6.54 Å². The van der Waals surface area contributed by atoms with E-state index in [9.17, 15) is 0 Å². The Bertz CT molecular complexity index is 614. The van der Waals surface area contributed by atoms with Gasteiger partial charge >= 0.3 is 0 Å². The van der Waals surface area contributed by atoms with E-state index < -0.39 is 0 Å². The largest absolute Gasteiger partial charge is 0.383 e. The van der Waals surface area contributed by atoms with Crippen molar-refractivity contribution in [3.63, 3.8) is 0 Å². The van der Waals surface area contributed by atoms with Gasteiger partial charge in [-0.2, -0.15) is 0 Å². The monoisotopic (exact) mass is 307 g/mol. The average Bonchev–Trinajstić information content (AvgIpc) is 3.24. The summed E-state index contributed by atoms with van der Waals surface area (Å²) in [6.07, 6.45) is 2.57. The molecule has 0 radical (unpaired) electrons. The molecule has 5 nitrogen and oxygen atoms in total. The van der Waals surface area contributed by atoms with Gasteiger partial charge in [-0.05, 0) is 37.9 Å². The molecule has 1 aromatic heterocycles. The summed E-state index contributed by atoms with van der Waals surface area (Å²) in [6.45, 7) is 1.37. The minimum atomic E-state index is 0. The normalized spacial score (nSPS) is 16.0. The van der Waals surface area contributed by atoms with Crippen LogP contribution in [-0.4, -0.2) is 34.5 Å². The number of para-hydroxylation sites is 1. The molecule has 1 aliphatic carbocycles. The molecule has 1 fully saturated rings. The van der Waals surface area contributed by atoms with Crippen molar-refractivity contribution in [2.24, 2.45) is 11.7 Å². The second-order valence-electron chi connectivity index (χ2n) is 5.60. The number of nitrogens with two attached hydrogens (primary N) is 2. The Hall–Kier alpha value is -1.43. The molecule has 1 aliphatic rings. The molecule has 1 aromatic carbocycles. The Morgan fingerprint density at radius 1 is 1.29 bits per heavy atom. The Morgan fingerprint density at radius 2 is 2.00 bits per heavy atom. The molecule has 0 spiro atoms. The van der Waals surface area contributed by atoms with E-state index in [1.165, 1.54) is 12.8 Å². The van der Waals surface area contributed by atoms with Crippen LogP contribution in [0, 0.1) is 5.92 Å². The van der Waals surface area contributed by atoms with Crippen molar-refractivity contribution >= 4 is 29.1 Å². The van der Waals surface area contributed by atoms with Crippen LogP contribution in [0.4, 0.5) is 5.82 Å². The van der Waals surface area contributed by atoms with Crippen molar-refractivity contribution in [1.29, 1.82) is 0 Å². The maximum atomic E-state index is 6.02. The Labute approximate surface area is 131 Å². The highest BCUT2D eigenvalue weighted by Gasteiger charge is 2.33. The molecule has 0 amide bonds. The summed E-state index contributed by atoms with van der Waals surface area (Å²) in [5.74, 6) is 2.06. The van der Waals surface area contributed by atoms with Gasteiger partial charge in [-0.25, -0.2) is 9.97 Å². The number of likely N-dealkylation sites (N-methyl/N-ethyl adjacent to an activating group) is 1. The molecule has 0 bridgehead atoms.